The Labute approximate surface area is 166 Å². The highest BCUT2D eigenvalue weighted by molar-refractivity contribution is 9.10. The summed E-state index contributed by atoms with van der Waals surface area (Å²) in [5.74, 6) is -0.828. The maximum atomic E-state index is 12.4. The Kier molecular flexibility index (Phi) is 5.82. The number of benzene rings is 2. The quantitative estimate of drug-likeness (QED) is 0.652. The molecule has 1 saturated heterocycles. The van der Waals surface area contributed by atoms with E-state index in [0.29, 0.717) is 15.7 Å². The summed E-state index contributed by atoms with van der Waals surface area (Å²) in [6.45, 7) is 0.551. The van der Waals surface area contributed by atoms with Crippen LogP contribution >= 0.6 is 15.9 Å². The van der Waals surface area contributed by atoms with Crippen molar-refractivity contribution in [2.75, 3.05) is 23.3 Å². The molecule has 1 aliphatic rings. The number of aliphatic hydroxyl groups excluding tert-OH is 2. The van der Waals surface area contributed by atoms with E-state index < -0.39 is 24.5 Å². The Morgan fingerprint density at radius 1 is 1.11 bits per heavy atom. The van der Waals surface area contributed by atoms with Gasteiger partial charge in [0.1, 0.15) is 5.75 Å². The van der Waals surface area contributed by atoms with Gasteiger partial charge in [-0.1, -0.05) is 0 Å². The second kappa shape index (κ2) is 7.98. The number of β-amino-alcohol motifs (C(OH)–C–C–N with tert-alkyl or cyclic N) is 2. The van der Waals surface area contributed by atoms with Crippen molar-refractivity contribution >= 4 is 33.2 Å². The van der Waals surface area contributed by atoms with E-state index in [2.05, 4.69) is 26.0 Å². The van der Waals surface area contributed by atoms with Gasteiger partial charge in [0.25, 0.3) is 5.91 Å². The Morgan fingerprint density at radius 2 is 1.71 bits per heavy atom. The van der Waals surface area contributed by atoms with Gasteiger partial charge in [-0.15, -0.1) is 13.2 Å². The highest BCUT2D eigenvalue weighted by atomic mass is 79.9. The molecule has 0 aromatic heterocycles. The maximum Gasteiger partial charge on any atom is 0.573 e. The van der Waals surface area contributed by atoms with Gasteiger partial charge in [-0.25, -0.2) is 0 Å². The predicted octanol–water partition coefficient (Wildman–Crippen LogP) is 3.14. The molecule has 3 N–H and O–H groups in total. The van der Waals surface area contributed by atoms with Crippen molar-refractivity contribution in [2.24, 2.45) is 0 Å². The number of nitrogens with one attached hydrogen (secondary N) is 1. The van der Waals surface area contributed by atoms with Crippen LogP contribution in [0.15, 0.2) is 46.9 Å². The number of hydrogen-bond acceptors (Lipinski definition) is 5. The number of carbonyl (C=O) groups excluding carboxylic acids is 1. The van der Waals surface area contributed by atoms with Crippen molar-refractivity contribution in [1.82, 2.24) is 0 Å². The van der Waals surface area contributed by atoms with Crippen LogP contribution in [-0.2, 0) is 0 Å². The van der Waals surface area contributed by atoms with E-state index in [4.69, 9.17) is 0 Å². The van der Waals surface area contributed by atoms with Gasteiger partial charge in [0, 0.05) is 28.8 Å². The highest BCUT2D eigenvalue weighted by Crippen LogP contribution is 2.30. The van der Waals surface area contributed by atoms with Gasteiger partial charge in [0.2, 0.25) is 0 Å². The van der Waals surface area contributed by atoms with Crippen LogP contribution in [-0.4, -0.2) is 47.8 Å². The fourth-order valence-corrected chi connectivity index (χ4v) is 3.44. The molecule has 0 aliphatic carbocycles. The lowest BCUT2D eigenvalue weighted by Crippen LogP contribution is -2.22. The van der Waals surface area contributed by atoms with Crippen LogP contribution in [0.1, 0.15) is 10.4 Å². The number of hydrogen-bond donors (Lipinski definition) is 3. The third-order valence-electron chi connectivity index (χ3n) is 4.16. The van der Waals surface area contributed by atoms with Crippen LogP contribution in [0.25, 0.3) is 0 Å². The molecule has 10 heteroatoms. The standard InChI is InChI=1S/C18H16BrF3N2O4/c19-13-7-10(1-6-14(13)24-8-15(25)16(26)9-24)17(27)23-11-2-4-12(5-3-11)28-18(20,21)22/h1-7,15-16,25-26H,8-9H2,(H,23,27). The predicted molar refractivity (Wildman–Crippen MR) is 99.4 cm³/mol. The molecule has 2 aromatic rings. The molecule has 2 unspecified atom stereocenters. The summed E-state index contributed by atoms with van der Waals surface area (Å²) in [5.41, 5.74) is 1.36. The number of aliphatic hydroxyl groups is 2. The molecule has 3 rings (SSSR count). The van der Waals surface area contributed by atoms with Gasteiger partial charge in [-0.2, -0.15) is 0 Å². The Balaban J connectivity index is 1.67. The second-order valence-corrected chi connectivity index (χ2v) is 7.09. The molecule has 150 valence electrons. The molecule has 6 nitrogen and oxygen atoms in total. The van der Waals surface area contributed by atoms with Crippen LogP contribution in [0.4, 0.5) is 24.5 Å². The van der Waals surface area contributed by atoms with Crippen LogP contribution in [0.5, 0.6) is 5.75 Å². The molecule has 0 spiro atoms. The molecule has 28 heavy (non-hydrogen) atoms. The van der Waals surface area contributed by atoms with Crippen molar-refractivity contribution < 1.29 is 32.9 Å². The third kappa shape index (κ3) is 4.94. The molecule has 0 radical (unpaired) electrons. The summed E-state index contributed by atoms with van der Waals surface area (Å²) >= 11 is 3.38. The molecule has 2 atom stereocenters. The van der Waals surface area contributed by atoms with Gasteiger partial charge in [0.05, 0.1) is 17.9 Å². The molecule has 0 saturated carbocycles. The van der Waals surface area contributed by atoms with E-state index in [1.807, 2.05) is 0 Å². The Morgan fingerprint density at radius 3 is 2.25 bits per heavy atom. The summed E-state index contributed by atoms with van der Waals surface area (Å²) in [6.07, 6.45) is -6.45. The largest absolute Gasteiger partial charge is 0.573 e. The lowest BCUT2D eigenvalue weighted by molar-refractivity contribution is -0.274. The van der Waals surface area contributed by atoms with E-state index in [0.717, 1.165) is 17.8 Å². The first kappa shape index (κ1) is 20.4. The number of halogens is 4. The molecule has 1 aliphatic heterocycles. The topological polar surface area (TPSA) is 82.0 Å². The molecule has 1 fully saturated rings. The first-order valence-electron chi connectivity index (χ1n) is 8.20. The van der Waals surface area contributed by atoms with Gasteiger partial charge < -0.3 is 25.2 Å². The lowest BCUT2D eigenvalue weighted by Gasteiger charge is -2.20. The number of alkyl halides is 3. The zero-order valence-electron chi connectivity index (χ0n) is 14.3. The van der Waals surface area contributed by atoms with E-state index in [9.17, 15) is 28.2 Å². The average molecular weight is 461 g/mol. The fourth-order valence-electron chi connectivity index (χ4n) is 2.81. The summed E-state index contributed by atoms with van der Waals surface area (Å²) in [6, 6.07) is 9.66. The minimum atomic E-state index is -4.78. The van der Waals surface area contributed by atoms with Crippen molar-refractivity contribution in [3.63, 3.8) is 0 Å². The number of carbonyl (C=O) groups is 1. The van der Waals surface area contributed by atoms with Crippen molar-refractivity contribution in [1.29, 1.82) is 0 Å². The van der Waals surface area contributed by atoms with Crippen LogP contribution in [0, 0.1) is 0 Å². The monoisotopic (exact) mass is 460 g/mol. The van der Waals surface area contributed by atoms with Crippen LogP contribution in [0.3, 0.4) is 0 Å². The summed E-state index contributed by atoms with van der Waals surface area (Å²) in [5, 5.41) is 21.9. The number of amides is 1. The number of ether oxygens (including phenoxy) is 1. The minimum Gasteiger partial charge on any atom is -0.406 e. The van der Waals surface area contributed by atoms with Crippen LogP contribution < -0.4 is 15.0 Å². The highest BCUT2D eigenvalue weighted by Gasteiger charge is 2.31. The van der Waals surface area contributed by atoms with E-state index in [-0.39, 0.29) is 18.8 Å². The smallest absolute Gasteiger partial charge is 0.406 e. The number of nitrogens with zero attached hydrogens (tertiary/aromatic N) is 1. The lowest BCUT2D eigenvalue weighted by atomic mass is 10.1. The molecule has 2 aromatic carbocycles. The molecule has 1 heterocycles. The number of rotatable bonds is 4. The van der Waals surface area contributed by atoms with Gasteiger partial charge in [-0.3, -0.25) is 4.79 Å². The van der Waals surface area contributed by atoms with E-state index in [1.54, 1.807) is 23.1 Å². The van der Waals surface area contributed by atoms with Gasteiger partial charge >= 0.3 is 6.36 Å². The fraction of sp³-hybridized carbons (Fsp3) is 0.278. The molecule has 1 amide bonds. The zero-order chi connectivity index (χ0) is 20.5. The Bertz CT molecular complexity index is 851. The SMILES string of the molecule is O=C(Nc1ccc(OC(F)(F)F)cc1)c1ccc(N2CC(O)C(O)C2)c(Br)c1. The first-order valence-corrected chi connectivity index (χ1v) is 8.99. The first-order chi connectivity index (χ1) is 13.1. The zero-order valence-corrected chi connectivity index (χ0v) is 15.9. The summed E-state index contributed by atoms with van der Waals surface area (Å²) < 4.78 is 40.9. The van der Waals surface area contributed by atoms with Gasteiger partial charge in [0.15, 0.2) is 0 Å². The summed E-state index contributed by atoms with van der Waals surface area (Å²) in [7, 11) is 0. The second-order valence-electron chi connectivity index (χ2n) is 6.23. The molecule has 0 bridgehead atoms. The van der Waals surface area contributed by atoms with Crippen molar-refractivity contribution in [3.8, 4) is 5.75 Å². The Hall–Kier alpha value is -2.30. The number of anilines is 2. The van der Waals surface area contributed by atoms with Crippen LogP contribution in [0.2, 0.25) is 0 Å². The maximum absolute atomic E-state index is 12.4. The third-order valence-corrected chi connectivity index (χ3v) is 4.79. The van der Waals surface area contributed by atoms with E-state index >= 15 is 0 Å². The normalized spacial score (nSPS) is 19.6. The van der Waals surface area contributed by atoms with Crippen molar-refractivity contribution in [2.45, 2.75) is 18.6 Å². The van der Waals surface area contributed by atoms with Crippen molar-refractivity contribution in [3.05, 3.63) is 52.5 Å². The molecular formula is C18H16BrF3N2O4. The minimum absolute atomic E-state index is 0.275. The summed E-state index contributed by atoms with van der Waals surface area (Å²) in [4.78, 5) is 14.2. The molecular weight excluding hydrogens is 445 g/mol. The van der Waals surface area contributed by atoms with E-state index in [1.165, 1.54) is 12.1 Å². The average Bonchev–Trinajstić information content (AvgIpc) is 2.94. The van der Waals surface area contributed by atoms with Gasteiger partial charge in [-0.05, 0) is 58.4 Å².